The molecule has 0 heterocycles. The minimum Gasteiger partial charge on any atom is -0.324 e. The number of likely N-dealkylation sites (N-methyl/N-ethyl adjacent to an activating group) is 1. The molecule has 2 rings (SSSR count). The summed E-state index contributed by atoms with van der Waals surface area (Å²) in [4.78, 5) is 2.47. The average molecular weight is 196 g/mol. The highest BCUT2D eigenvalue weighted by Gasteiger charge is 2.33. The molecule has 0 aromatic rings. The van der Waals surface area contributed by atoms with Crippen molar-refractivity contribution >= 4 is 0 Å². The van der Waals surface area contributed by atoms with E-state index < -0.39 is 0 Å². The number of hydrogen-bond donors (Lipinski definition) is 1. The molecule has 14 heavy (non-hydrogen) atoms. The van der Waals surface area contributed by atoms with Gasteiger partial charge < -0.3 is 10.6 Å². The molecule has 0 bridgehead atoms. The van der Waals surface area contributed by atoms with Crippen molar-refractivity contribution in [3.63, 3.8) is 0 Å². The van der Waals surface area contributed by atoms with Crippen LogP contribution in [-0.4, -0.2) is 30.6 Å². The van der Waals surface area contributed by atoms with Gasteiger partial charge in [0.15, 0.2) is 0 Å². The van der Waals surface area contributed by atoms with E-state index >= 15 is 0 Å². The summed E-state index contributed by atoms with van der Waals surface area (Å²) in [6.45, 7) is 2.39. The summed E-state index contributed by atoms with van der Waals surface area (Å²) >= 11 is 0. The zero-order chi connectivity index (χ0) is 10.0. The van der Waals surface area contributed by atoms with E-state index in [4.69, 9.17) is 5.73 Å². The zero-order valence-electron chi connectivity index (χ0n) is 9.47. The van der Waals surface area contributed by atoms with Gasteiger partial charge in [0, 0.05) is 18.6 Å². The molecule has 0 aliphatic heterocycles. The van der Waals surface area contributed by atoms with Gasteiger partial charge in [-0.2, -0.15) is 0 Å². The van der Waals surface area contributed by atoms with Gasteiger partial charge >= 0.3 is 0 Å². The first-order valence-electron chi connectivity index (χ1n) is 6.15. The zero-order valence-corrected chi connectivity index (χ0v) is 9.47. The van der Waals surface area contributed by atoms with Crippen LogP contribution in [0.4, 0.5) is 0 Å². The summed E-state index contributed by atoms with van der Waals surface area (Å²) < 4.78 is 0. The maximum absolute atomic E-state index is 6.24. The van der Waals surface area contributed by atoms with Gasteiger partial charge in [-0.1, -0.05) is 12.8 Å². The Bertz CT molecular complexity index is 181. The van der Waals surface area contributed by atoms with Crippen LogP contribution < -0.4 is 5.73 Å². The summed E-state index contributed by atoms with van der Waals surface area (Å²) in [7, 11) is 2.24. The van der Waals surface area contributed by atoms with Crippen LogP contribution in [0.1, 0.15) is 44.9 Å². The van der Waals surface area contributed by atoms with E-state index in [-0.39, 0.29) is 5.54 Å². The second kappa shape index (κ2) is 4.19. The lowest BCUT2D eigenvalue weighted by atomic mass is 9.77. The van der Waals surface area contributed by atoms with Crippen molar-refractivity contribution in [3.8, 4) is 0 Å². The first-order chi connectivity index (χ1) is 6.68. The third-order valence-electron chi connectivity index (χ3n) is 3.98. The molecule has 0 aromatic heterocycles. The van der Waals surface area contributed by atoms with Gasteiger partial charge in [-0.05, 0) is 45.1 Å². The summed E-state index contributed by atoms with van der Waals surface area (Å²) in [5, 5.41) is 0. The fourth-order valence-electron chi connectivity index (χ4n) is 3.02. The maximum Gasteiger partial charge on any atom is 0.0283 e. The molecular weight excluding hydrogens is 172 g/mol. The molecule has 0 spiro atoms. The predicted octanol–water partition coefficient (Wildman–Crippen LogP) is 1.99. The first kappa shape index (κ1) is 10.4. The van der Waals surface area contributed by atoms with Gasteiger partial charge in [0.2, 0.25) is 0 Å². The number of nitrogens with zero attached hydrogens (tertiary/aromatic N) is 1. The number of nitrogens with two attached hydrogens (primary N) is 1. The SMILES string of the molecule is CN(CC1CCCC1)CC1(N)CCC1. The minimum absolute atomic E-state index is 0.174. The van der Waals surface area contributed by atoms with Crippen LogP contribution in [0.3, 0.4) is 0 Å². The highest BCUT2D eigenvalue weighted by atomic mass is 15.1. The largest absolute Gasteiger partial charge is 0.324 e. The Balaban J connectivity index is 1.69. The molecule has 0 saturated heterocycles. The lowest BCUT2D eigenvalue weighted by Gasteiger charge is -2.41. The minimum atomic E-state index is 0.174. The molecule has 2 saturated carbocycles. The lowest BCUT2D eigenvalue weighted by molar-refractivity contribution is 0.152. The van der Waals surface area contributed by atoms with Gasteiger partial charge in [0.1, 0.15) is 0 Å². The van der Waals surface area contributed by atoms with Gasteiger partial charge in [0.05, 0.1) is 0 Å². The summed E-state index contributed by atoms with van der Waals surface area (Å²) in [5.74, 6) is 0.962. The Kier molecular flexibility index (Phi) is 3.13. The van der Waals surface area contributed by atoms with Gasteiger partial charge in [-0.15, -0.1) is 0 Å². The van der Waals surface area contributed by atoms with Gasteiger partial charge in [-0.25, -0.2) is 0 Å². The normalized spacial score (nSPS) is 26.8. The fraction of sp³-hybridized carbons (Fsp3) is 1.00. The van der Waals surface area contributed by atoms with Crippen molar-refractivity contribution in [1.82, 2.24) is 4.90 Å². The lowest BCUT2D eigenvalue weighted by Crippen LogP contribution is -2.54. The predicted molar refractivity (Wildman–Crippen MR) is 60.2 cm³/mol. The third-order valence-corrected chi connectivity index (χ3v) is 3.98. The van der Waals surface area contributed by atoms with E-state index in [2.05, 4.69) is 11.9 Å². The number of rotatable bonds is 4. The molecular formula is C12H24N2. The highest BCUT2D eigenvalue weighted by Crippen LogP contribution is 2.31. The Hall–Kier alpha value is -0.0800. The Labute approximate surface area is 87.8 Å². The second-order valence-electron chi connectivity index (χ2n) is 5.56. The van der Waals surface area contributed by atoms with E-state index in [1.54, 1.807) is 0 Å². The van der Waals surface area contributed by atoms with Crippen LogP contribution in [0.2, 0.25) is 0 Å². The third kappa shape index (κ3) is 2.48. The highest BCUT2D eigenvalue weighted by molar-refractivity contribution is 4.94. The standard InChI is InChI=1S/C12H24N2/c1-14(9-11-5-2-3-6-11)10-12(13)7-4-8-12/h11H,2-10,13H2,1H3. The van der Waals surface area contributed by atoms with Crippen molar-refractivity contribution in [1.29, 1.82) is 0 Å². The van der Waals surface area contributed by atoms with Crippen molar-refractivity contribution in [2.24, 2.45) is 11.7 Å². The molecule has 2 heteroatoms. The smallest absolute Gasteiger partial charge is 0.0283 e. The van der Waals surface area contributed by atoms with Crippen LogP contribution in [0.15, 0.2) is 0 Å². The Morgan fingerprint density at radius 2 is 1.86 bits per heavy atom. The van der Waals surface area contributed by atoms with E-state index in [1.165, 1.54) is 51.5 Å². The molecule has 2 fully saturated rings. The van der Waals surface area contributed by atoms with Crippen molar-refractivity contribution < 1.29 is 0 Å². The van der Waals surface area contributed by atoms with Crippen molar-refractivity contribution in [3.05, 3.63) is 0 Å². The molecule has 2 nitrogen and oxygen atoms in total. The van der Waals surface area contributed by atoms with Crippen LogP contribution in [0, 0.1) is 5.92 Å². The quantitative estimate of drug-likeness (QED) is 0.745. The van der Waals surface area contributed by atoms with Crippen LogP contribution >= 0.6 is 0 Å². The molecule has 2 aliphatic rings. The second-order valence-corrected chi connectivity index (χ2v) is 5.56. The molecule has 0 atom stereocenters. The monoisotopic (exact) mass is 196 g/mol. The molecule has 2 aliphatic carbocycles. The van der Waals surface area contributed by atoms with Gasteiger partial charge in [0.25, 0.3) is 0 Å². The number of hydrogen-bond acceptors (Lipinski definition) is 2. The molecule has 2 N–H and O–H groups in total. The Morgan fingerprint density at radius 3 is 2.36 bits per heavy atom. The average Bonchev–Trinajstić information content (AvgIpc) is 2.53. The first-order valence-corrected chi connectivity index (χ1v) is 6.15. The summed E-state index contributed by atoms with van der Waals surface area (Å²) in [6.07, 6.45) is 9.61. The van der Waals surface area contributed by atoms with Crippen LogP contribution in [0.25, 0.3) is 0 Å². The molecule has 0 radical (unpaired) electrons. The van der Waals surface area contributed by atoms with E-state index in [1.807, 2.05) is 0 Å². The van der Waals surface area contributed by atoms with Gasteiger partial charge in [-0.3, -0.25) is 0 Å². The van der Waals surface area contributed by atoms with E-state index in [0.717, 1.165) is 12.5 Å². The molecule has 0 aromatic carbocycles. The van der Waals surface area contributed by atoms with Crippen LogP contribution in [-0.2, 0) is 0 Å². The molecule has 0 unspecified atom stereocenters. The Morgan fingerprint density at radius 1 is 1.21 bits per heavy atom. The molecule has 0 amide bonds. The van der Waals surface area contributed by atoms with Crippen LogP contribution in [0.5, 0.6) is 0 Å². The fourth-order valence-corrected chi connectivity index (χ4v) is 3.02. The summed E-state index contributed by atoms with van der Waals surface area (Å²) in [5.41, 5.74) is 6.41. The maximum atomic E-state index is 6.24. The van der Waals surface area contributed by atoms with Crippen molar-refractivity contribution in [2.75, 3.05) is 20.1 Å². The summed E-state index contributed by atoms with van der Waals surface area (Å²) in [6, 6.07) is 0. The topological polar surface area (TPSA) is 29.3 Å². The van der Waals surface area contributed by atoms with E-state index in [9.17, 15) is 0 Å². The van der Waals surface area contributed by atoms with E-state index in [0.29, 0.717) is 0 Å². The molecule has 82 valence electrons. The van der Waals surface area contributed by atoms with Crippen molar-refractivity contribution in [2.45, 2.75) is 50.5 Å².